The van der Waals surface area contributed by atoms with Crippen LogP contribution >= 0.6 is 0 Å². The lowest BCUT2D eigenvalue weighted by Crippen LogP contribution is -2.20. The number of Topliss-reactive ketones (excluding diaryl/α,β-unsaturated/α-hetero) is 1. The summed E-state index contributed by atoms with van der Waals surface area (Å²) < 4.78 is 0. The number of carbonyl (C=O) groups excluding carboxylic acids is 1. The van der Waals surface area contributed by atoms with E-state index in [0.29, 0.717) is 6.42 Å². The van der Waals surface area contributed by atoms with E-state index in [1.807, 2.05) is 38.1 Å². The molecule has 0 heterocycles. The topological polar surface area (TPSA) is 54.4 Å². The summed E-state index contributed by atoms with van der Waals surface area (Å²) in [6.07, 6.45) is 0.600. The second-order valence-corrected chi connectivity index (χ2v) is 4.75. The highest BCUT2D eigenvalue weighted by Gasteiger charge is 2.23. The fraction of sp³-hybridized carbons (Fsp3) is 0.467. The average molecular weight is 248 g/mol. The number of carboxylic acids is 1. The van der Waals surface area contributed by atoms with Crippen LogP contribution in [-0.2, 0) is 9.59 Å². The highest BCUT2D eigenvalue weighted by atomic mass is 16.4. The summed E-state index contributed by atoms with van der Waals surface area (Å²) in [5.41, 5.74) is 2.10. The molecule has 0 spiro atoms. The van der Waals surface area contributed by atoms with Crippen LogP contribution in [0.5, 0.6) is 0 Å². The molecule has 2 atom stereocenters. The van der Waals surface area contributed by atoms with Gasteiger partial charge in [-0.2, -0.15) is 0 Å². The molecule has 0 aliphatic rings. The fourth-order valence-electron chi connectivity index (χ4n) is 1.87. The highest BCUT2D eigenvalue weighted by Crippen LogP contribution is 2.21. The van der Waals surface area contributed by atoms with Crippen molar-refractivity contribution in [2.75, 3.05) is 0 Å². The molecule has 0 saturated heterocycles. The number of carbonyl (C=O) groups is 2. The number of aliphatic carboxylic acids is 1. The zero-order valence-corrected chi connectivity index (χ0v) is 11.1. The maximum atomic E-state index is 12.0. The van der Waals surface area contributed by atoms with Crippen molar-refractivity contribution in [1.29, 1.82) is 0 Å². The van der Waals surface area contributed by atoms with Gasteiger partial charge in [0.2, 0.25) is 0 Å². The summed E-state index contributed by atoms with van der Waals surface area (Å²) in [7, 11) is 0. The molecular formula is C15H20O3. The minimum atomic E-state index is -0.887. The molecule has 1 unspecified atom stereocenters. The van der Waals surface area contributed by atoms with E-state index in [4.69, 9.17) is 5.11 Å². The van der Waals surface area contributed by atoms with Gasteiger partial charge in [0.05, 0.1) is 5.92 Å². The fourth-order valence-corrected chi connectivity index (χ4v) is 1.87. The standard InChI is InChI=1S/C15H20O3/c1-4-12(15(17)18)9-14(16)11(3)13-7-5-10(2)6-8-13/h5-8,11-12H,4,9H2,1-3H3,(H,17,18)/t11?,12-/m1/s1. The Morgan fingerprint density at radius 1 is 1.22 bits per heavy atom. The van der Waals surface area contributed by atoms with Gasteiger partial charge in [-0.1, -0.05) is 43.7 Å². The van der Waals surface area contributed by atoms with E-state index in [2.05, 4.69) is 0 Å². The van der Waals surface area contributed by atoms with E-state index in [0.717, 1.165) is 11.1 Å². The summed E-state index contributed by atoms with van der Waals surface area (Å²) in [6.45, 7) is 5.62. The van der Waals surface area contributed by atoms with E-state index in [1.165, 1.54) is 0 Å². The van der Waals surface area contributed by atoms with Crippen molar-refractivity contribution in [2.24, 2.45) is 5.92 Å². The molecule has 0 fully saturated rings. The lowest BCUT2D eigenvalue weighted by molar-refractivity contribution is -0.144. The molecule has 0 aliphatic carbocycles. The lowest BCUT2D eigenvalue weighted by Gasteiger charge is -2.14. The van der Waals surface area contributed by atoms with Gasteiger partial charge in [0.15, 0.2) is 0 Å². The number of ketones is 1. The molecule has 18 heavy (non-hydrogen) atoms. The average Bonchev–Trinajstić information content (AvgIpc) is 2.35. The van der Waals surface area contributed by atoms with Gasteiger partial charge in [-0.15, -0.1) is 0 Å². The third kappa shape index (κ3) is 3.69. The van der Waals surface area contributed by atoms with Crippen molar-refractivity contribution < 1.29 is 14.7 Å². The van der Waals surface area contributed by atoms with Crippen LogP contribution in [-0.4, -0.2) is 16.9 Å². The molecule has 1 aromatic rings. The molecule has 1 N–H and O–H groups in total. The highest BCUT2D eigenvalue weighted by molar-refractivity contribution is 5.88. The molecular weight excluding hydrogens is 228 g/mol. The van der Waals surface area contributed by atoms with Crippen molar-refractivity contribution >= 4 is 11.8 Å². The summed E-state index contributed by atoms with van der Waals surface area (Å²) in [4.78, 5) is 23.0. The monoisotopic (exact) mass is 248 g/mol. The Morgan fingerprint density at radius 3 is 2.22 bits per heavy atom. The van der Waals surface area contributed by atoms with Crippen LogP contribution in [0.1, 0.15) is 43.7 Å². The molecule has 3 heteroatoms. The molecule has 3 nitrogen and oxygen atoms in total. The Balaban J connectivity index is 2.72. The molecule has 0 aliphatic heterocycles. The number of rotatable bonds is 6. The molecule has 0 saturated carbocycles. The first-order valence-electron chi connectivity index (χ1n) is 6.27. The minimum Gasteiger partial charge on any atom is -0.481 e. The number of carboxylic acid groups (broad SMARTS) is 1. The van der Waals surface area contributed by atoms with Crippen LogP contribution < -0.4 is 0 Å². The molecule has 0 amide bonds. The zero-order valence-electron chi connectivity index (χ0n) is 11.1. The SMILES string of the molecule is CC[C@H](CC(=O)C(C)c1ccc(C)cc1)C(=O)O. The van der Waals surface area contributed by atoms with Crippen LogP contribution in [0.2, 0.25) is 0 Å². The minimum absolute atomic E-state index is 0.00639. The van der Waals surface area contributed by atoms with Gasteiger partial charge >= 0.3 is 5.97 Å². The summed E-state index contributed by atoms with van der Waals surface area (Å²) >= 11 is 0. The zero-order chi connectivity index (χ0) is 13.7. The molecule has 0 aromatic heterocycles. The first-order chi connectivity index (χ1) is 8.45. The quantitative estimate of drug-likeness (QED) is 0.841. The first-order valence-corrected chi connectivity index (χ1v) is 6.27. The Bertz CT molecular complexity index is 420. The van der Waals surface area contributed by atoms with Gasteiger partial charge in [0, 0.05) is 12.3 Å². The number of aryl methyl sites for hydroxylation is 1. The number of benzene rings is 1. The van der Waals surface area contributed by atoms with Gasteiger partial charge in [-0.3, -0.25) is 9.59 Å². The maximum Gasteiger partial charge on any atom is 0.306 e. The third-order valence-electron chi connectivity index (χ3n) is 3.35. The lowest BCUT2D eigenvalue weighted by atomic mass is 9.89. The predicted molar refractivity (Wildman–Crippen MR) is 70.6 cm³/mol. The molecule has 98 valence electrons. The summed E-state index contributed by atoms with van der Waals surface area (Å²) in [5, 5.41) is 8.96. The van der Waals surface area contributed by atoms with Gasteiger partial charge in [-0.25, -0.2) is 0 Å². The molecule has 0 radical (unpaired) electrons. The largest absolute Gasteiger partial charge is 0.481 e. The second-order valence-electron chi connectivity index (χ2n) is 4.75. The van der Waals surface area contributed by atoms with Crippen LogP contribution in [0, 0.1) is 12.8 Å². The van der Waals surface area contributed by atoms with Crippen molar-refractivity contribution in [3.05, 3.63) is 35.4 Å². The van der Waals surface area contributed by atoms with E-state index >= 15 is 0 Å². The van der Waals surface area contributed by atoms with Gasteiger partial charge in [-0.05, 0) is 18.9 Å². The Morgan fingerprint density at radius 2 is 1.78 bits per heavy atom. The van der Waals surface area contributed by atoms with E-state index < -0.39 is 11.9 Å². The predicted octanol–water partition coefficient (Wildman–Crippen LogP) is 3.17. The smallest absolute Gasteiger partial charge is 0.306 e. The summed E-state index contributed by atoms with van der Waals surface area (Å²) in [5.74, 6) is -1.69. The van der Waals surface area contributed by atoms with Crippen molar-refractivity contribution in [2.45, 2.75) is 39.5 Å². The molecule has 0 bridgehead atoms. The van der Waals surface area contributed by atoms with Crippen molar-refractivity contribution in [3.8, 4) is 0 Å². The normalized spacial score (nSPS) is 13.9. The first kappa shape index (κ1) is 14.4. The van der Waals surface area contributed by atoms with Crippen molar-refractivity contribution in [3.63, 3.8) is 0 Å². The summed E-state index contributed by atoms with van der Waals surface area (Å²) in [6, 6.07) is 7.79. The van der Waals surface area contributed by atoms with Gasteiger partial charge in [0.1, 0.15) is 5.78 Å². The second kappa shape index (κ2) is 6.34. The molecule has 1 rings (SSSR count). The van der Waals surface area contributed by atoms with Gasteiger partial charge < -0.3 is 5.11 Å². The van der Waals surface area contributed by atoms with Crippen LogP contribution in [0.4, 0.5) is 0 Å². The maximum absolute atomic E-state index is 12.0. The van der Waals surface area contributed by atoms with E-state index in [-0.39, 0.29) is 18.1 Å². The van der Waals surface area contributed by atoms with Crippen molar-refractivity contribution in [1.82, 2.24) is 0 Å². The van der Waals surface area contributed by atoms with E-state index in [9.17, 15) is 9.59 Å². The Labute approximate surface area is 108 Å². The Hall–Kier alpha value is -1.64. The van der Waals surface area contributed by atoms with Crippen LogP contribution in [0.3, 0.4) is 0 Å². The Kier molecular flexibility index (Phi) is 5.08. The van der Waals surface area contributed by atoms with Crippen LogP contribution in [0.25, 0.3) is 0 Å². The van der Waals surface area contributed by atoms with Crippen LogP contribution in [0.15, 0.2) is 24.3 Å². The van der Waals surface area contributed by atoms with E-state index in [1.54, 1.807) is 6.92 Å². The molecule has 1 aromatic carbocycles. The van der Waals surface area contributed by atoms with Gasteiger partial charge in [0.25, 0.3) is 0 Å². The number of hydrogen-bond donors (Lipinski definition) is 1. The number of hydrogen-bond acceptors (Lipinski definition) is 2. The third-order valence-corrected chi connectivity index (χ3v) is 3.35.